The van der Waals surface area contributed by atoms with Crippen LogP contribution in [0.15, 0.2) is 42.7 Å². The van der Waals surface area contributed by atoms with Gasteiger partial charge in [-0.3, -0.25) is 4.79 Å². The van der Waals surface area contributed by atoms with E-state index in [1.165, 1.54) is 0 Å². The lowest BCUT2D eigenvalue weighted by atomic mass is 10.2. The molecule has 2 aromatic rings. The number of anilines is 1. The van der Waals surface area contributed by atoms with Crippen molar-refractivity contribution in [1.29, 1.82) is 0 Å². The van der Waals surface area contributed by atoms with Crippen LogP contribution in [0, 0.1) is 11.8 Å². The van der Waals surface area contributed by atoms with Crippen molar-refractivity contribution in [3.63, 3.8) is 0 Å². The number of hydrogen-bond donors (Lipinski definition) is 0. The smallest absolute Gasteiger partial charge is 0.247 e. The Bertz CT molecular complexity index is 776. The molecule has 5 nitrogen and oxygen atoms in total. The largest absolute Gasteiger partial charge is 0.273 e. The Balaban J connectivity index is 1.55. The van der Waals surface area contributed by atoms with Crippen LogP contribution in [-0.2, 0) is 4.79 Å². The van der Waals surface area contributed by atoms with E-state index in [-0.39, 0.29) is 5.91 Å². The summed E-state index contributed by atoms with van der Waals surface area (Å²) in [7, 11) is 0. The summed E-state index contributed by atoms with van der Waals surface area (Å²) in [5, 5.41) is 3.72. The van der Waals surface area contributed by atoms with Crippen LogP contribution in [0.1, 0.15) is 30.4 Å². The van der Waals surface area contributed by atoms with Gasteiger partial charge >= 0.3 is 0 Å². The summed E-state index contributed by atoms with van der Waals surface area (Å²) in [4.78, 5) is 20.8. The van der Waals surface area contributed by atoms with Gasteiger partial charge in [-0.2, -0.15) is 0 Å². The van der Waals surface area contributed by atoms with Crippen molar-refractivity contribution in [2.75, 3.05) is 11.6 Å². The highest BCUT2D eigenvalue weighted by molar-refractivity contribution is 5.93. The maximum absolute atomic E-state index is 12.2. The monoisotopic (exact) mass is 304 g/mol. The van der Waals surface area contributed by atoms with Crippen LogP contribution in [0.5, 0.6) is 0 Å². The second-order valence-electron chi connectivity index (χ2n) is 5.76. The number of rotatable bonds is 1. The molecule has 2 aliphatic rings. The number of amides is 1. The van der Waals surface area contributed by atoms with E-state index in [4.69, 9.17) is 0 Å². The molecule has 4 rings (SSSR count). The van der Waals surface area contributed by atoms with E-state index in [1.807, 2.05) is 30.3 Å². The molecule has 23 heavy (non-hydrogen) atoms. The van der Waals surface area contributed by atoms with Crippen molar-refractivity contribution in [3.8, 4) is 11.8 Å². The molecule has 1 aromatic carbocycles. The zero-order valence-electron chi connectivity index (χ0n) is 12.6. The maximum atomic E-state index is 12.2. The van der Waals surface area contributed by atoms with Crippen LogP contribution in [0.3, 0.4) is 0 Å². The summed E-state index contributed by atoms with van der Waals surface area (Å²) < 4.78 is 0. The van der Waals surface area contributed by atoms with Crippen LogP contribution in [0.2, 0.25) is 0 Å². The van der Waals surface area contributed by atoms with Crippen LogP contribution >= 0.6 is 0 Å². The lowest BCUT2D eigenvalue weighted by Crippen LogP contribution is -2.40. The maximum Gasteiger partial charge on any atom is 0.247 e. The van der Waals surface area contributed by atoms with E-state index in [0.29, 0.717) is 18.4 Å². The Hall–Kier alpha value is -2.71. The van der Waals surface area contributed by atoms with E-state index in [1.54, 1.807) is 17.4 Å². The quantitative estimate of drug-likeness (QED) is 0.756. The minimum atomic E-state index is 0.0813. The molecule has 2 aliphatic heterocycles. The van der Waals surface area contributed by atoms with E-state index >= 15 is 0 Å². The number of fused-ring (bicyclic) bond motifs is 1. The van der Waals surface area contributed by atoms with Crippen molar-refractivity contribution in [2.24, 2.45) is 0 Å². The molecule has 2 saturated heterocycles. The van der Waals surface area contributed by atoms with E-state index in [0.717, 1.165) is 30.5 Å². The second kappa shape index (κ2) is 5.82. The average Bonchev–Trinajstić information content (AvgIpc) is 3.14. The lowest BCUT2D eigenvalue weighted by Gasteiger charge is -2.24. The number of aromatic nitrogens is 2. The van der Waals surface area contributed by atoms with Gasteiger partial charge in [-0.05, 0) is 25.0 Å². The third kappa shape index (κ3) is 2.69. The van der Waals surface area contributed by atoms with Crippen LogP contribution in [-0.4, -0.2) is 33.5 Å². The minimum absolute atomic E-state index is 0.0813. The molecule has 1 atom stereocenters. The van der Waals surface area contributed by atoms with Gasteiger partial charge in [-0.1, -0.05) is 30.0 Å². The number of carbonyl (C=O) groups is 1. The molecule has 114 valence electrons. The zero-order chi connectivity index (χ0) is 15.6. The van der Waals surface area contributed by atoms with Crippen LogP contribution < -0.4 is 5.01 Å². The average molecular weight is 304 g/mol. The molecular formula is C18H16N4O. The minimum Gasteiger partial charge on any atom is -0.273 e. The highest BCUT2D eigenvalue weighted by atomic mass is 16.2. The van der Waals surface area contributed by atoms with E-state index in [2.05, 4.69) is 26.8 Å². The van der Waals surface area contributed by atoms with Gasteiger partial charge < -0.3 is 0 Å². The molecule has 0 bridgehead atoms. The standard InChI is InChI=1S/C18H16N4O/c23-17-11-16-7-4-10-21(16)22(17)18-19-12-15(13-20-18)9-8-14-5-2-1-3-6-14/h1-3,5-6,12-13,16H,4,7,10-11H2. The third-order valence-corrected chi connectivity index (χ3v) is 4.20. The molecule has 3 heterocycles. The van der Waals surface area contributed by atoms with Crippen LogP contribution in [0.4, 0.5) is 5.95 Å². The summed E-state index contributed by atoms with van der Waals surface area (Å²) in [5.74, 6) is 6.65. The lowest BCUT2D eigenvalue weighted by molar-refractivity contribution is -0.118. The first-order chi connectivity index (χ1) is 11.3. The molecular weight excluding hydrogens is 288 g/mol. The first-order valence-electron chi connectivity index (χ1n) is 7.80. The summed E-state index contributed by atoms with van der Waals surface area (Å²) in [6.07, 6.45) is 6.11. The van der Waals surface area contributed by atoms with E-state index < -0.39 is 0 Å². The van der Waals surface area contributed by atoms with Gasteiger partial charge in [0.25, 0.3) is 0 Å². The molecule has 1 unspecified atom stereocenters. The van der Waals surface area contributed by atoms with Gasteiger partial charge in [0.15, 0.2) is 0 Å². The summed E-state index contributed by atoms with van der Waals surface area (Å²) >= 11 is 0. The second-order valence-corrected chi connectivity index (χ2v) is 5.76. The first-order valence-corrected chi connectivity index (χ1v) is 7.80. The SMILES string of the molecule is O=C1CC2CCCN2N1c1ncc(C#Cc2ccccc2)cn1. The summed E-state index contributed by atoms with van der Waals surface area (Å²) in [5.41, 5.74) is 1.69. The van der Waals surface area contributed by atoms with Gasteiger partial charge in [-0.15, -0.1) is 0 Å². The normalized spacial score (nSPS) is 20.3. The van der Waals surface area contributed by atoms with Gasteiger partial charge in [0, 0.05) is 37.0 Å². The Kier molecular flexibility index (Phi) is 3.52. The number of nitrogens with zero attached hydrogens (tertiary/aromatic N) is 4. The fourth-order valence-corrected chi connectivity index (χ4v) is 3.11. The predicted molar refractivity (Wildman–Crippen MR) is 86.3 cm³/mol. The topological polar surface area (TPSA) is 49.3 Å². The Morgan fingerprint density at radius 2 is 1.78 bits per heavy atom. The van der Waals surface area contributed by atoms with Gasteiger partial charge in [0.1, 0.15) is 0 Å². The molecule has 0 N–H and O–H groups in total. The van der Waals surface area contributed by atoms with Crippen molar-refractivity contribution < 1.29 is 4.79 Å². The fraction of sp³-hybridized carbons (Fsp3) is 0.278. The van der Waals surface area contributed by atoms with Crippen molar-refractivity contribution in [1.82, 2.24) is 15.0 Å². The van der Waals surface area contributed by atoms with Crippen molar-refractivity contribution in [3.05, 3.63) is 53.9 Å². The van der Waals surface area contributed by atoms with Gasteiger partial charge in [-0.25, -0.2) is 20.0 Å². The molecule has 1 aromatic heterocycles. The molecule has 0 aliphatic carbocycles. The Morgan fingerprint density at radius 1 is 1.04 bits per heavy atom. The predicted octanol–water partition coefficient (Wildman–Crippen LogP) is 1.99. The van der Waals surface area contributed by atoms with Crippen molar-refractivity contribution >= 4 is 11.9 Å². The molecule has 2 fully saturated rings. The number of hydrazine groups is 1. The summed E-state index contributed by atoms with van der Waals surface area (Å²) in [6, 6.07) is 10.1. The summed E-state index contributed by atoms with van der Waals surface area (Å²) in [6.45, 7) is 0.898. The Labute approximate surface area is 134 Å². The third-order valence-electron chi connectivity index (χ3n) is 4.20. The molecule has 5 heteroatoms. The molecule has 1 amide bonds. The molecule has 0 saturated carbocycles. The van der Waals surface area contributed by atoms with Crippen molar-refractivity contribution in [2.45, 2.75) is 25.3 Å². The number of benzene rings is 1. The van der Waals surface area contributed by atoms with Crippen LogP contribution in [0.25, 0.3) is 0 Å². The van der Waals surface area contributed by atoms with Gasteiger partial charge in [0.2, 0.25) is 11.9 Å². The Morgan fingerprint density at radius 3 is 2.57 bits per heavy atom. The zero-order valence-corrected chi connectivity index (χ0v) is 12.6. The first kappa shape index (κ1) is 13.9. The number of hydrogen-bond acceptors (Lipinski definition) is 4. The fourth-order valence-electron chi connectivity index (χ4n) is 3.11. The van der Waals surface area contributed by atoms with Gasteiger partial charge in [0.05, 0.1) is 5.56 Å². The van der Waals surface area contributed by atoms with E-state index in [9.17, 15) is 4.79 Å². The highest BCUT2D eigenvalue weighted by Gasteiger charge is 2.42. The highest BCUT2D eigenvalue weighted by Crippen LogP contribution is 2.31. The number of carbonyl (C=O) groups excluding carboxylic acids is 1. The molecule has 0 spiro atoms. The molecule has 0 radical (unpaired) electrons.